The molecule has 4 heteroatoms. The van der Waals surface area contributed by atoms with Gasteiger partial charge >= 0.3 is 0 Å². The number of hydrogen-bond acceptors (Lipinski definition) is 2. The van der Waals surface area contributed by atoms with Crippen LogP contribution in [0.1, 0.15) is 111 Å². The van der Waals surface area contributed by atoms with Crippen molar-refractivity contribution in [3.63, 3.8) is 0 Å². The summed E-state index contributed by atoms with van der Waals surface area (Å²) in [5.41, 5.74) is 13.4. The molecule has 0 bridgehead atoms. The van der Waals surface area contributed by atoms with Gasteiger partial charge in [0.25, 0.3) is 0 Å². The molecular formula is C45H51BrIrN2-2. The van der Waals surface area contributed by atoms with Gasteiger partial charge in [0.1, 0.15) is 0 Å². The van der Waals surface area contributed by atoms with E-state index in [-0.39, 0.29) is 49.2 Å². The maximum Gasteiger partial charge on any atom is 0.0166 e. The van der Waals surface area contributed by atoms with E-state index in [1.54, 1.807) is 6.20 Å². The van der Waals surface area contributed by atoms with Crippen LogP contribution in [-0.2, 0) is 41.8 Å². The van der Waals surface area contributed by atoms with Crippen LogP contribution < -0.4 is 0 Å². The van der Waals surface area contributed by atoms with Crippen LogP contribution in [0.25, 0.3) is 33.6 Å². The van der Waals surface area contributed by atoms with Crippen LogP contribution in [0.2, 0.25) is 0 Å². The van der Waals surface area contributed by atoms with E-state index in [0.29, 0.717) is 0 Å². The van der Waals surface area contributed by atoms with Crippen molar-refractivity contribution in [3.8, 4) is 33.6 Å². The van der Waals surface area contributed by atoms with Crippen molar-refractivity contribution in [2.45, 2.75) is 110 Å². The SMILES string of the molecule is Brc1cc[c-]c(-c2ccccn2)c1.C.CC1(C)CCC(C)(C)c2cc(-c3cc(-c4ccc5c(c4)C(C)(C)CCC5(C)C)ccn3)[c-]cc21.[Ir]. The molecule has 0 unspecified atom stereocenters. The molecule has 2 heterocycles. The fraction of sp³-hybridized carbons (Fsp3) is 0.378. The predicted molar refractivity (Wildman–Crippen MR) is 207 cm³/mol. The zero-order chi connectivity index (χ0) is 33.6. The van der Waals surface area contributed by atoms with Crippen LogP contribution in [0.5, 0.6) is 0 Å². The molecule has 259 valence electrons. The first-order chi connectivity index (χ1) is 22.2. The van der Waals surface area contributed by atoms with Crippen LogP contribution in [-0.4, -0.2) is 9.97 Å². The Balaban J connectivity index is 0.000000304. The van der Waals surface area contributed by atoms with Gasteiger partial charge in [0.15, 0.2) is 0 Å². The second-order valence-electron chi connectivity index (χ2n) is 16.0. The Morgan fingerprint density at radius 1 is 0.551 bits per heavy atom. The Morgan fingerprint density at radius 3 is 1.76 bits per heavy atom. The van der Waals surface area contributed by atoms with Crippen molar-refractivity contribution in [3.05, 3.63) is 130 Å². The molecule has 0 amide bonds. The third kappa shape index (κ3) is 8.19. The van der Waals surface area contributed by atoms with E-state index in [9.17, 15) is 0 Å². The molecule has 5 aromatic rings. The Morgan fingerprint density at radius 2 is 1.12 bits per heavy atom. The molecule has 3 aromatic carbocycles. The molecule has 0 spiro atoms. The summed E-state index contributed by atoms with van der Waals surface area (Å²) in [7, 11) is 0. The maximum atomic E-state index is 4.78. The van der Waals surface area contributed by atoms with E-state index in [2.05, 4.69) is 131 Å². The van der Waals surface area contributed by atoms with Gasteiger partial charge in [-0.15, -0.1) is 64.7 Å². The summed E-state index contributed by atoms with van der Waals surface area (Å²) in [6.07, 6.45) is 8.65. The number of benzene rings is 3. The first-order valence-corrected chi connectivity index (χ1v) is 17.7. The molecule has 0 atom stereocenters. The molecule has 2 aromatic heterocycles. The van der Waals surface area contributed by atoms with E-state index in [0.717, 1.165) is 27.0 Å². The minimum atomic E-state index is 0. The molecule has 2 aliphatic rings. The van der Waals surface area contributed by atoms with E-state index in [1.165, 1.54) is 59.1 Å². The topological polar surface area (TPSA) is 25.8 Å². The average Bonchev–Trinajstić information content (AvgIpc) is 3.06. The van der Waals surface area contributed by atoms with Crippen LogP contribution in [0.4, 0.5) is 0 Å². The summed E-state index contributed by atoms with van der Waals surface area (Å²) in [5, 5.41) is 0. The van der Waals surface area contributed by atoms with Crippen LogP contribution in [0.3, 0.4) is 0 Å². The summed E-state index contributed by atoms with van der Waals surface area (Å²) < 4.78 is 1.05. The van der Waals surface area contributed by atoms with Gasteiger partial charge in [-0.3, -0.25) is 0 Å². The molecule has 0 fully saturated rings. The first-order valence-electron chi connectivity index (χ1n) is 16.9. The van der Waals surface area contributed by atoms with E-state index < -0.39 is 0 Å². The van der Waals surface area contributed by atoms with Crippen molar-refractivity contribution in [2.75, 3.05) is 0 Å². The van der Waals surface area contributed by atoms with Gasteiger partial charge < -0.3 is 9.97 Å². The van der Waals surface area contributed by atoms with Gasteiger partial charge in [0, 0.05) is 32.5 Å². The zero-order valence-electron chi connectivity index (χ0n) is 29.6. The fourth-order valence-corrected chi connectivity index (χ4v) is 7.65. The number of halogens is 1. The van der Waals surface area contributed by atoms with E-state index >= 15 is 0 Å². The molecule has 0 aliphatic heterocycles. The van der Waals surface area contributed by atoms with Crippen LogP contribution in [0.15, 0.2) is 95.7 Å². The van der Waals surface area contributed by atoms with Crippen molar-refractivity contribution in [1.29, 1.82) is 0 Å². The molecule has 0 saturated carbocycles. The van der Waals surface area contributed by atoms with E-state index in [4.69, 9.17) is 4.98 Å². The molecular weight excluding hydrogens is 841 g/mol. The number of nitrogens with zero attached hydrogens (tertiary/aromatic N) is 2. The molecule has 49 heavy (non-hydrogen) atoms. The third-order valence-corrected chi connectivity index (χ3v) is 11.2. The quantitative estimate of drug-likeness (QED) is 0.169. The predicted octanol–water partition coefficient (Wildman–Crippen LogP) is 12.9. The number of pyridine rings is 2. The fourth-order valence-electron chi connectivity index (χ4n) is 7.29. The third-order valence-electron chi connectivity index (χ3n) is 10.7. The minimum Gasteiger partial charge on any atom is -0.305 e. The Kier molecular flexibility index (Phi) is 11.7. The van der Waals surface area contributed by atoms with Crippen molar-refractivity contribution in [1.82, 2.24) is 9.97 Å². The summed E-state index contributed by atoms with van der Waals surface area (Å²) in [4.78, 5) is 9.01. The van der Waals surface area contributed by atoms with Crippen LogP contribution >= 0.6 is 15.9 Å². The maximum absolute atomic E-state index is 4.78. The summed E-state index contributed by atoms with van der Waals surface area (Å²) in [6.45, 7) is 19.1. The standard InChI is InChI=1S/C33H40N.C11H7BrN.CH4.Ir/c1-30(2)14-16-32(5,6)27-19-22(9-11-25(27)30)23-13-18-34-29(21-23)24-10-12-26-28(20-24)33(7,8)17-15-31(26,3)4;12-10-5-3-4-9(8-10)11-6-1-2-7-13-11;;/h9,11-13,18-21H,14-17H2,1-8H3;1-3,5-8H;1H4;/q2*-1;;. The molecule has 0 saturated heterocycles. The van der Waals surface area contributed by atoms with Gasteiger partial charge in [-0.2, -0.15) is 0 Å². The Hall–Kier alpha value is -2.91. The summed E-state index contributed by atoms with van der Waals surface area (Å²) >= 11 is 3.41. The van der Waals surface area contributed by atoms with Crippen molar-refractivity contribution >= 4 is 15.9 Å². The van der Waals surface area contributed by atoms with E-state index in [1.807, 2.05) is 42.6 Å². The molecule has 2 nitrogen and oxygen atoms in total. The normalized spacial score (nSPS) is 17.5. The second-order valence-corrected chi connectivity index (χ2v) is 17.0. The average molecular weight is 892 g/mol. The van der Waals surface area contributed by atoms with Gasteiger partial charge in [0.05, 0.1) is 0 Å². The van der Waals surface area contributed by atoms with Crippen molar-refractivity contribution in [2.24, 2.45) is 0 Å². The van der Waals surface area contributed by atoms with Gasteiger partial charge in [0.2, 0.25) is 0 Å². The Labute approximate surface area is 318 Å². The Bertz CT molecular complexity index is 1810. The molecule has 0 N–H and O–H groups in total. The summed E-state index contributed by atoms with van der Waals surface area (Å²) in [6, 6.07) is 34.5. The van der Waals surface area contributed by atoms with Gasteiger partial charge in [-0.05, 0) is 86.7 Å². The number of rotatable bonds is 3. The molecule has 1 radical (unpaired) electrons. The number of hydrogen-bond donors (Lipinski definition) is 0. The van der Waals surface area contributed by atoms with Gasteiger partial charge in [-0.25, -0.2) is 0 Å². The zero-order valence-corrected chi connectivity index (χ0v) is 33.6. The first kappa shape index (κ1) is 38.9. The summed E-state index contributed by atoms with van der Waals surface area (Å²) in [5.74, 6) is 0. The number of fused-ring (bicyclic) bond motifs is 2. The monoisotopic (exact) mass is 891 g/mol. The second kappa shape index (κ2) is 14.7. The largest absolute Gasteiger partial charge is 0.305 e. The van der Waals surface area contributed by atoms with Crippen molar-refractivity contribution < 1.29 is 20.1 Å². The van der Waals surface area contributed by atoms with Crippen LogP contribution in [0, 0.1) is 12.1 Å². The smallest absolute Gasteiger partial charge is 0.0166 e. The van der Waals surface area contributed by atoms with Gasteiger partial charge in [-0.1, -0.05) is 126 Å². The minimum absolute atomic E-state index is 0. The number of aromatic nitrogens is 2. The molecule has 7 rings (SSSR count). The molecule has 2 aliphatic carbocycles.